The second-order valence-electron chi connectivity index (χ2n) is 4.71. The molecule has 0 saturated carbocycles. The van der Waals surface area contributed by atoms with Gasteiger partial charge in [-0.2, -0.15) is 13.2 Å². The minimum atomic E-state index is -4.50. The van der Waals surface area contributed by atoms with Gasteiger partial charge >= 0.3 is 6.18 Å². The van der Waals surface area contributed by atoms with Crippen LogP contribution in [0.25, 0.3) is 21.5 Å². The third-order valence-corrected chi connectivity index (χ3v) is 3.40. The summed E-state index contributed by atoms with van der Waals surface area (Å²) in [6, 6.07) is 8.47. The van der Waals surface area contributed by atoms with Crippen LogP contribution in [0.4, 0.5) is 17.6 Å². The predicted octanol–water partition coefficient (Wildman–Crippen LogP) is 4.96. The zero-order valence-electron chi connectivity index (χ0n) is 10.5. The molecular weight excluding hydrogens is 284 g/mol. The zero-order chi connectivity index (χ0) is 15.2. The van der Waals surface area contributed by atoms with E-state index in [-0.39, 0.29) is 10.9 Å². The Morgan fingerprint density at radius 2 is 1.62 bits per heavy atom. The maximum absolute atomic E-state index is 13.4. The van der Waals surface area contributed by atoms with Crippen molar-refractivity contribution in [2.75, 3.05) is 0 Å². The third-order valence-electron chi connectivity index (χ3n) is 3.40. The molecule has 0 unspecified atom stereocenters. The van der Waals surface area contributed by atoms with Gasteiger partial charge in [-0.3, -0.25) is 4.79 Å². The van der Waals surface area contributed by atoms with Crippen LogP contribution in [0.3, 0.4) is 0 Å². The Hall–Kier alpha value is -2.43. The molecule has 1 nitrogen and oxygen atoms in total. The first-order valence-corrected chi connectivity index (χ1v) is 6.08. The van der Waals surface area contributed by atoms with Crippen molar-refractivity contribution in [1.29, 1.82) is 0 Å². The maximum atomic E-state index is 13.4. The summed E-state index contributed by atoms with van der Waals surface area (Å²) in [6.45, 7) is 0. The van der Waals surface area contributed by atoms with E-state index in [4.69, 9.17) is 0 Å². The van der Waals surface area contributed by atoms with Crippen LogP contribution in [-0.2, 0) is 6.18 Å². The molecule has 0 saturated heterocycles. The first kappa shape index (κ1) is 13.5. The molecule has 0 heterocycles. The van der Waals surface area contributed by atoms with Gasteiger partial charge in [-0.15, -0.1) is 0 Å². The van der Waals surface area contributed by atoms with Crippen LogP contribution in [0.2, 0.25) is 0 Å². The summed E-state index contributed by atoms with van der Waals surface area (Å²) in [5.41, 5.74) is -0.554. The van der Waals surface area contributed by atoms with Crippen LogP contribution in [0.1, 0.15) is 15.9 Å². The van der Waals surface area contributed by atoms with Gasteiger partial charge in [-0.05, 0) is 51.9 Å². The number of carbonyl (C=O) groups excluding carboxylic acids is 1. The van der Waals surface area contributed by atoms with Crippen LogP contribution in [0, 0.1) is 5.82 Å². The number of hydrogen-bond acceptors (Lipinski definition) is 1. The smallest absolute Gasteiger partial charge is 0.298 e. The molecule has 0 radical (unpaired) electrons. The highest BCUT2D eigenvalue weighted by molar-refractivity contribution is 6.13. The first-order valence-electron chi connectivity index (χ1n) is 6.08. The van der Waals surface area contributed by atoms with Crippen molar-refractivity contribution >= 4 is 27.8 Å². The number of benzene rings is 3. The Bertz CT molecular complexity index is 865. The average molecular weight is 292 g/mol. The van der Waals surface area contributed by atoms with Crippen molar-refractivity contribution in [3.8, 4) is 0 Å². The SMILES string of the molecule is O=Cc1cc2ccc(F)cc2c2cc(C(F)(F)F)ccc12. The normalized spacial score (nSPS) is 12.0. The largest absolute Gasteiger partial charge is 0.416 e. The van der Waals surface area contributed by atoms with Gasteiger partial charge in [0.1, 0.15) is 5.82 Å². The number of carbonyl (C=O) groups is 1. The molecule has 0 spiro atoms. The molecule has 0 N–H and O–H groups in total. The number of hydrogen-bond donors (Lipinski definition) is 0. The molecule has 0 amide bonds. The fourth-order valence-corrected chi connectivity index (χ4v) is 2.43. The summed E-state index contributed by atoms with van der Waals surface area (Å²) in [5.74, 6) is -0.542. The van der Waals surface area contributed by atoms with Gasteiger partial charge in [0.25, 0.3) is 0 Å². The minimum absolute atomic E-state index is 0.212. The number of alkyl halides is 3. The maximum Gasteiger partial charge on any atom is 0.416 e. The fraction of sp³-hybridized carbons (Fsp3) is 0.0625. The van der Waals surface area contributed by atoms with Crippen molar-refractivity contribution in [2.24, 2.45) is 0 Å². The molecule has 3 aromatic carbocycles. The predicted molar refractivity (Wildman–Crippen MR) is 71.8 cm³/mol. The molecule has 0 aliphatic rings. The van der Waals surface area contributed by atoms with Crippen molar-refractivity contribution in [3.05, 3.63) is 59.4 Å². The topological polar surface area (TPSA) is 17.1 Å². The first-order chi connectivity index (χ1) is 9.90. The van der Waals surface area contributed by atoms with E-state index in [1.807, 2.05) is 0 Å². The lowest BCUT2D eigenvalue weighted by atomic mass is 9.96. The van der Waals surface area contributed by atoms with E-state index in [2.05, 4.69) is 0 Å². The lowest BCUT2D eigenvalue weighted by Gasteiger charge is -2.11. The van der Waals surface area contributed by atoms with E-state index in [9.17, 15) is 22.4 Å². The summed E-state index contributed by atoms with van der Waals surface area (Å²) in [5, 5.41) is 1.45. The van der Waals surface area contributed by atoms with Crippen LogP contribution >= 0.6 is 0 Å². The quantitative estimate of drug-likeness (QED) is 0.352. The van der Waals surface area contributed by atoms with Crippen LogP contribution in [-0.4, -0.2) is 6.29 Å². The van der Waals surface area contributed by atoms with E-state index in [1.54, 1.807) is 0 Å². The molecule has 0 aromatic heterocycles. The highest BCUT2D eigenvalue weighted by Crippen LogP contribution is 2.35. The summed E-state index contributed by atoms with van der Waals surface area (Å²) in [7, 11) is 0. The van der Waals surface area contributed by atoms with Crippen molar-refractivity contribution in [1.82, 2.24) is 0 Å². The molecule has 0 bridgehead atoms. The van der Waals surface area contributed by atoms with Gasteiger partial charge in [0.15, 0.2) is 6.29 Å². The fourth-order valence-electron chi connectivity index (χ4n) is 2.43. The Morgan fingerprint density at radius 3 is 2.29 bits per heavy atom. The number of aldehydes is 1. The zero-order valence-corrected chi connectivity index (χ0v) is 10.5. The average Bonchev–Trinajstić information content (AvgIpc) is 2.45. The molecule has 106 valence electrons. The number of rotatable bonds is 1. The molecule has 21 heavy (non-hydrogen) atoms. The number of halogens is 4. The molecule has 0 fully saturated rings. The van der Waals surface area contributed by atoms with Crippen molar-refractivity contribution in [2.45, 2.75) is 6.18 Å². The van der Waals surface area contributed by atoms with Crippen LogP contribution in [0.15, 0.2) is 42.5 Å². The molecule has 3 aromatic rings. The van der Waals surface area contributed by atoms with Gasteiger partial charge in [-0.1, -0.05) is 12.1 Å². The lowest BCUT2D eigenvalue weighted by molar-refractivity contribution is -0.137. The summed E-state index contributed by atoms with van der Waals surface area (Å²) >= 11 is 0. The molecule has 3 rings (SSSR count). The van der Waals surface area contributed by atoms with E-state index in [0.717, 1.165) is 12.1 Å². The van der Waals surface area contributed by atoms with Crippen LogP contribution in [0.5, 0.6) is 0 Å². The second kappa shape index (κ2) is 4.55. The third kappa shape index (κ3) is 2.24. The second-order valence-corrected chi connectivity index (χ2v) is 4.71. The minimum Gasteiger partial charge on any atom is -0.298 e. The molecule has 0 aliphatic heterocycles. The monoisotopic (exact) mass is 292 g/mol. The van der Waals surface area contributed by atoms with Crippen molar-refractivity contribution in [3.63, 3.8) is 0 Å². The molecule has 0 aliphatic carbocycles. The Labute approximate surface area is 116 Å². The lowest BCUT2D eigenvalue weighted by Crippen LogP contribution is -2.04. The Balaban J connectivity index is 2.49. The summed E-state index contributed by atoms with van der Waals surface area (Å²) in [4.78, 5) is 11.1. The van der Waals surface area contributed by atoms with Gasteiger partial charge in [0, 0.05) is 5.56 Å². The van der Waals surface area contributed by atoms with E-state index in [1.165, 1.54) is 30.3 Å². The molecule has 5 heteroatoms. The molecular formula is C16H8F4O. The number of fused-ring (bicyclic) bond motifs is 3. The van der Waals surface area contributed by atoms with E-state index in [0.29, 0.717) is 22.4 Å². The molecule has 0 atom stereocenters. The highest BCUT2D eigenvalue weighted by Gasteiger charge is 2.30. The Kier molecular flexibility index (Phi) is 2.93. The van der Waals surface area contributed by atoms with Gasteiger partial charge < -0.3 is 0 Å². The van der Waals surface area contributed by atoms with Gasteiger partial charge in [0.05, 0.1) is 5.56 Å². The summed E-state index contributed by atoms with van der Waals surface area (Å²) in [6.07, 6.45) is -3.91. The van der Waals surface area contributed by atoms with Gasteiger partial charge in [0.2, 0.25) is 0 Å². The summed E-state index contributed by atoms with van der Waals surface area (Å²) < 4.78 is 51.9. The van der Waals surface area contributed by atoms with E-state index < -0.39 is 17.6 Å². The van der Waals surface area contributed by atoms with Gasteiger partial charge in [-0.25, -0.2) is 4.39 Å². The van der Waals surface area contributed by atoms with Crippen LogP contribution < -0.4 is 0 Å². The van der Waals surface area contributed by atoms with Crippen molar-refractivity contribution < 1.29 is 22.4 Å². The Morgan fingerprint density at radius 1 is 0.857 bits per heavy atom. The van der Waals surface area contributed by atoms with E-state index >= 15 is 0 Å². The highest BCUT2D eigenvalue weighted by atomic mass is 19.4. The standard InChI is InChI=1S/C16H8F4O/c17-12-3-1-9-5-10(8-21)13-4-2-11(16(18,19)20)6-15(13)14(9)7-12/h1-8H.